The van der Waals surface area contributed by atoms with Crippen LogP contribution in [-0.4, -0.2) is 0 Å². The summed E-state index contributed by atoms with van der Waals surface area (Å²) in [4.78, 5) is 2.25. The maximum absolute atomic E-state index is 3.43. The molecule has 0 unspecified atom stereocenters. The van der Waals surface area contributed by atoms with Crippen LogP contribution in [0, 0.1) is 6.07 Å². The molecule has 4 rings (SSSR count). The predicted octanol–water partition coefficient (Wildman–Crippen LogP) is 6.11. The van der Waals surface area contributed by atoms with E-state index in [1.807, 2.05) is 18.2 Å². The lowest BCUT2D eigenvalue weighted by Gasteiger charge is -2.26. The van der Waals surface area contributed by atoms with Crippen molar-refractivity contribution in [3.05, 3.63) is 103 Å². The highest BCUT2D eigenvalue weighted by Gasteiger charge is 2.14. The number of hydrogen-bond acceptors (Lipinski definition) is 1. The summed E-state index contributed by atoms with van der Waals surface area (Å²) in [5.41, 5.74) is 3.33. The summed E-state index contributed by atoms with van der Waals surface area (Å²) in [5.74, 6) is 0. The summed E-state index contributed by atoms with van der Waals surface area (Å²) in [7, 11) is 0. The Morgan fingerprint density at radius 2 is 1.13 bits per heavy atom. The molecule has 4 aromatic rings. The standard InChI is InChI=1S/C22H16N/c1-3-12-19(13-4-1)23(20-14-5-2-6-15-20)22-17-9-11-18-10-7-8-16-21(18)22/h1-16H. The number of hydrogen-bond donors (Lipinski definition) is 0. The van der Waals surface area contributed by atoms with Gasteiger partial charge in [-0.05, 0) is 29.7 Å². The minimum Gasteiger partial charge on any atom is -0.309 e. The second-order valence-corrected chi connectivity index (χ2v) is 5.42. The monoisotopic (exact) mass is 294 g/mol. The van der Waals surface area contributed by atoms with Gasteiger partial charge in [-0.1, -0.05) is 72.8 Å². The molecule has 1 nitrogen and oxygen atoms in total. The number of anilines is 3. The molecule has 0 aliphatic heterocycles. The fraction of sp³-hybridized carbons (Fsp3) is 0. The highest BCUT2D eigenvalue weighted by molar-refractivity contribution is 5.98. The van der Waals surface area contributed by atoms with Crippen LogP contribution in [0.5, 0.6) is 0 Å². The zero-order valence-corrected chi connectivity index (χ0v) is 12.7. The number of rotatable bonds is 3. The van der Waals surface area contributed by atoms with Crippen molar-refractivity contribution >= 4 is 27.8 Å². The van der Waals surface area contributed by atoms with Gasteiger partial charge in [0.05, 0.1) is 5.69 Å². The largest absolute Gasteiger partial charge is 0.309 e. The van der Waals surface area contributed by atoms with E-state index < -0.39 is 0 Å². The number of fused-ring (bicyclic) bond motifs is 1. The summed E-state index contributed by atoms with van der Waals surface area (Å²) in [6.45, 7) is 0. The van der Waals surface area contributed by atoms with Gasteiger partial charge < -0.3 is 4.90 Å². The lowest BCUT2D eigenvalue weighted by molar-refractivity contribution is 1.29. The topological polar surface area (TPSA) is 3.24 Å². The smallest absolute Gasteiger partial charge is 0.0619 e. The van der Waals surface area contributed by atoms with Crippen molar-refractivity contribution < 1.29 is 0 Å². The first-order chi connectivity index (χ1) is 11.4. The molecule has 0 aliphatic carbocycles. The third-order valence-electron chi connectivity index (χ3n) is 3.95. The molecule has 1 radical (unpaired) electrons. The van der Waals surface area contributed by atoms with E-state index >= 15 is 0 Å². The lowest BCUT2D eigenvalue weighted by atomic mass is 10.1. The normalized spacial score (nSPS) is 10.6. The first-order valence-corrected chi connectivity index (χ1v) is 7.73. The van der Waals surface area contributed by atoms with Crippen LogP contribution in [0.3, 0.4) is 0 Å². The van der Waals surface area contributed by atoms with E-state index in [1.165, 1.54) is 10.8 Å². The first-order valence-electron chi connectivity index (χ1n) is 7.73. The van der Waals surface area contributed by atoms with Crippen LogP contribution >= 0.6 is 0 Å². The molecule has 23 heavy (non-hydrogen) atoms. The van der Waals surface area contributed by atoms with Gasteiger partial charge in [0, 0.05) is 22.8 Å². The van der Waals surface area contributed by atoms with E-state index in [1.54, 1.807) is 0 Å². The fourth-order valence-corrected chi connectivity index (χ4v) is 2.89. The quantitative estimate of drug-likeness (QED) is 0.440. The summed E-state index contributed by atoms with van der Waals surface area (Å²) < 4.78 is 0. The van der Waals surface area contributed by atoms with Crippen molar-refractivity contribution in [2.24, 2.45) is 0 Å². The van der Waals surface area contributed by atoms with Gasteiger partial charge in [-0.15, -0.1) is 0 Å². The zero-order chi connectivity index (χ0) is 15.5. The lowest BCUT2D eigenvalue weighted by Crippen LogP contribution is -2.10. The van der Waals surface area contributed by atoms with E-state index in [9.17, 15) is 0 Å². The van der Waals surface area contributed by atoms with Crippen LogP contribution in [0.25, 0.3) is 10.8 Å². The molecular formula is C22H16N. The Morgan fingerprint density at radius 1 is 0.565 bits per heavy atom. The van der Waals surface area contributed by atoms with Crippen LogP contribution in [0.4, 0.5) is 17.1 Å². The molecule has 0 N–H and O–H groups in total. The van der Waals surface area contributed by atoms with Crippen LogP contribution < -0.4 is 4.90 Å². The van der Waals surface area contributed by atoms with Crippen LogP contribution in [0.15, 0.2) is 97.1 Å². The summed E-state index contributed by atoms with van der Waals surface area (Å²) in [5, 5.41) is 2.42. The molecule has 109 valence electrons. The maximum Gasteiger partial charge on any atom is 0.0619 e. The summed E-state index contributed by atoms with van der Waals surface area (Å²) >= 11 is 0. The second-order valence-electron chi connectivity index (χ2n) is 5.42. The Bertz CT molecular complexity index is 869. The third kappa shape index (κ3) is 2.58. The number of nitrogens with zero attached hydrogens (tertiary/aromatic N) is 1. The molecule has 0 spiro atoms. The van der Waals surface area contributed by atoms with Gasteiger partial charge in [-0.25, -0.2) is 0 Å². The number of benzene rings is 4. The Labute approximate surface area is 136 Å². The van der Waals surface area contributed by atoms with Gasteiger partial charge >= 0.3 is 0 Å². The molecule has 4 aromatic carbocycles. The molecule has 0 bridgehead atoms. The molecule has 0 amide bonds. The molecule has 0 aliphatic rings. The number of para-hydroxylation sites is 2. The van der Waals surface area contributed by atoms with E-state index in [2.05, 4.69) is 89.8 Å². The van der Waals surface area contributed by atoms with Crippen molar-refractivity contribution in [1.29, 1.82) is 0 Å². The predicted molar refractivity (Wildman–Crippen MR) is 97.5 cm³/mol. The van der Waals surface area contributed by atoms with E-state index in [0.717, 1.165) is 17.1 Å². The molecule has 0 fully saturated rings. The van der Waals surface area contributed by atoms with Crippen molar-refractivity contribution in [2.75, 3.05) is 4.90 Å². The minimum absolute atomic E-state index is 1.07. The highest BCUT2D eigenvalue weighted by Crippen LogP contribution is 2.37. The van der Waals surface area contributed by atoms with Gasteiger partial charge in [0.25, 0.3) is 0 Å². The van der Waals surface area contributed by atoms with Crippen molar-refractivity contribution in [1.82, 2.24) is 0 Å². The fourth-order valence-electron chi connectivity index (χ4n) is 2.89. The van der Waals surface area contributed by atoms with Gasteiger partial charge in [-0.3, -0.25) is 0 Å². The van der Waals surface area contributed by atoms with Crippen LogP contribution in [0.2, 0.25) is 0 Å². The van der Waals surface area contributed by atoms with Gasteiger partial charge in [-0.2, -0.15) is 0 Å². The summed E-state index contributed by atoms with van der Waals surface area (Å²) in [6.07, 6.45) is 0. The Morgan fingerprint density at radius 3 is 1.78 bits per heavy atom. The highest BCUT2D eigenvalue weighted by atomic mass is 15.1. The molecular weight excluding hydrogens is 278 g/mol. The van der Waals surface area contributed by atoms with Crippen molar-refractivity contribution in [2.45, 2.75) is 0 Å². The van der Waals surface area contributed by atoms with Crippen LogP contribution in [-0.2, 0) is 0 Å². The van der Waals surface area contributed by atoms with Crippen molar-refractivity contribution in [3.8, 4) is 0 Å². The Hall–Kier alpha value is -3.06. The molecule has 1 heteroatoms. The molecule has 0 saturated carbocycles. The van der Waals surface area contributed by atoms with Gasteiger partial charge in [0.1, 0.15) is 0 Å². The second kappa shape index (κ2) is 5.98. The average Bonchev–Trinajstić information content (AvgIpc) is 2.64. The zero-order valence-electron chi connectivity index (χ0n) is 12.7. The SMILES string of the molecule is [c]1ccc2ccccc2c1N(c1ccccc1)c1ccccc1. The first kappa shape index (κ1) is 13.6. The Balaban J connectivity index is 1.98. The maximum atomic E-state index is 3.43. The average molecular weight is 294 g/mol. The van der Waals surface area contributed by atoms with Gasteiger partial charge in [0.15, 0.2) is 0 Å². The molecule has 0 atom stereocenters. The summed E-state index contributed by atoms with van der Waals surface area (Å²) in [6, 6.07) is 36.8. The third-order valence-corrected chi connectivity index (χ3v) is 3.95. The minimum atomic E-state index is 1.07. The molecule has 0 aromatic heterocycles. The van der Waals surface area contributed by atoms with Gasteiger partial charge in [0.2, 0.25) is 0 Å². The Kier molecular flexibility index (Phi) is 3.53. The van der Waals surface area contributed by atoms with E-state index in [0.29, 0.717) is 0 Å². The molecule has 0 heterocycles. The van der Waals surface area contributed by atoms with Crippen LogP contribution in [0.1, 0.15) is 0 Å². The van der Waals surface area contributed by atoms with Crippen molar-refractivity contribution in [3.63, 3.8) is 0 Å². The van der Waals surface area contributed by atoms with E-state index in [4.69, 9.17) is 0 Å². The van der Waals surface area contributed by atoms with E-state index in [-0.39, 0.29) is 0 Å². The molecule has 0 saturated heterocycles.